The van der Waals surface area contributed by atoms with E-state index in [2.05, 4.69) is 15.3 Å². The Morgan fingerprint density at radius 3 is 2.72 bits per heavy atom. The van der Waals surface area contributed by atoms with Gasteiger partial charge >= 0.3 is 0 Å². The van der Waals surface area contributed by atoms with E-state index in [-0.39, 0.29) is 12.5 Å². The van der Waals surface area contributed by atoms with Crippen molar-refractivity contribution in [3.63, 3.8) is 0 Å². The molecule has 2 aromatic heterocycles. The molecular formula is C22H17ClFN3O3S2. The fourth-order valence-electron chi connectivity index (χ4n) is 2.89. The van der Waals surface area contributed by atoms with Crippen LogP contribution in [0.5, 0.6) is 11.5 Å². The monoisotopic (exact) mass is 489 g/mol. The van der Waals surface area contributed by atoms with E-state index < -0.39 is 5.82 Å². The zero-order valence-electron chi connectivity index (χ0n) is 17.0. The minimum atomic E-state index is -0.395. The van der Waals surface area contributed by atoms with E-state index in [0.717, 1.165) is 0 Å². The SMILES string of the molecule is COc1ccc(F)cc1-c1csc(NC(=O)c2sc(COc3ccc(Cl)cc3)nc2C)n1. The molecule has 1 amide bonds. The number of halogens is 2. The van der Waals surface area contributed by atoms with E-state index >= 15 is 0 Å². The van der Waals surface area contributed by atoms with E-state index in [1.165, 1.54) is 48.0 Å². The van der Waals surface area contributed by atoms with Gasteiger partial charge in [0.1, 0.15) is 33.8 Å². The third-order valence-corrected chi connectivity index (χ3v) is 6.52. The lowest BCUT2D eigenvalue weighted by molar-refractivity contribution is 0.103. The van der Waals surface area contributed by atoms with Crippen LogP contribution in [-0.2, 0) is 6.61 Å². The second-order valence-corrected chi connectivity index (χ2v) is 8.98. The molecule has 4 aromatic rings. The quantitative estimate of drug-likeness (QED) is 0.334. The molecule has 1 N–H and O–H groups in total. The molecule has 2 aromatic carbocycles. The van der Waals surface area contributed by atoms with Crippen LogP contribution in [-0.4, -0.2) is 23.0 Å². The van der Waals surface area contributed by atoms with Crippen molar-refractivity contribution in [2.75, 3.05) is 12.4 Å². The Kier molecular flexibility index (Phi) is 6.69. The molecule has 0 aliphatic rings. The maximum absolute atomic E-state index is 13.7. The zero-order chi connectivity index (χ0) is 22.7. The van der Waals surface area contributed by atoms with Gasteiger partial charge in [-0.3, -0.25) is 10.1 Å². The molecule has 0 aliphatic carbocycles. The lowest BCUT2D eigenvalue weighted by Crippen LogP contribution is -2.11. The highest BCUT2D eigenvalue weighted by atomic mass is 35.5. The summed E-state index contributed by atoms with van der Waals surface area (Å²) in [5.74, 6) is 0.451. The van der Waals surface area contributed by atoms with Crippen molar-refractivity contribution in [2.45, 2.75) is 13.5 Å². The number of carbonyl (C=O) groups excluding carboxylic acids is 1. The first-order valence-corrected chi connectivity index (χ1v) is 11.5. The summed E-state index contributed by atoms with van der Waals surface area (Å²) in [5, 5.41) is 6.21. The van der Waals surface area contributed by atoms with Crippen LogP contribution in [0.2, 0.25) is 5.02 Å². The van der Waals surface area contributed by atoms with Crippen LogP contribution in [0.15, 0.2) is 47.8 Å². The molecule has 0 spiro atoms. The first-order chi connectivity index (χ1) is 15.4. The third-order valence-electron chi connectivity index (χ3n) is 4.39. The molecule has 0 atom stereocenters. The number of ether oxygens (including phenoxy) is 2. The van der Waals surface area contributed by atoms with Gasteiger partial charge < -0.3 is 9.47 Å². The number of hydrogen-bond acceptors (Lipinski definition) is 7. The van der Waals surface area contributed by atoms with Crippen molar-refractivity contribution in [1.29, 1.82) is 0 Å². The van der Waals surface area contributed by atoms with Crippen LogP contribution in [0, 0.1) is 12.7 Å². The average molecular weight is 490 g/mol. The first-order valence-electron chi connectivity index (χ1n) is 9.38. The number of aryl methyl sites for hydroxylation is 1. The highest BCUT2D eigenvalue weighted by Crippen LogP contribution is 2.33. The maximum Gasteiger partial charge on any atom is 0.269 e. The molecule has 0 aliphatic heterocycles. The number of rotatable bonds is 7. The summed E-state index contributed by atoms with van der Waals surface area (Å²) in [6.07, 6.45) is 0. The Morgan fingerprint density at radius 2 is 1.97 bits per heavy atom. The predicted octanol–water partition coefficient (Wildman–Crippen LogP) is 6.21. The van der Waals surface area contributed by atoms with Crippen LogP contribution >= 0.6 is 34.3 Å². The van der Waals surface area contributed by atoms with Gasteiger partial charge in [-0.05, 0) is 49.4 Å². The number of amides is 1. The fraction of sp³-hybridized carbons (Fsp3) is 0.136. The zero-order valence-corrected chi connectivity index (χ0v) is 19.4. The molecule has 32 heavy (non-hydrogen) atoms. The largest absolute Gasteiger partial charge is 0.496 e. The summed E-state index contributed by atoms with van der Waals surface area (Å²) in [6.45, 7) is 2.00. The van der Waals surface area contributed by atoms with Crippen molar-refractivity contribution in [2.24, 2.45) is 0 Å². The number of nitrogens with zero attached hydrogens (tertiary/aromatic N) is 2. The molecule has 4 rings (SSSR count). The Bertz CT molecular complexity index is 1260. The number of hydrogen-bond donors (Lipinski definition) is 1. The molecular weight excluding hydrogens is 473 g/mol. The third kappa shape index (κ3) is 5.07. The van der Waals surface area contributed by atoms with Crippen molar-refractivity contribution >= 4 is 45.3 Å². The number of benzene rings is 2. The minimum absolute atomic E-state index is 0.237. The Hall–Kier alpha value is -3.01. The molecule has 0 bridgehead atoms. The standard InChI is InChI=1S/C22H17ClFN3O3S2/c1-12-20(32-19(25-12)10-30-15-6-3-13(23)4-7-15)21(28)27-22-26-17(11-31-22)16-9-14(24)5-8-18(16)29-2/h3-9,11H,10H2,1-2H3,(H,26,27,28). The van der Waals surface area contributed by atoms with Gasteiger partial charge in [0.25, 0.3) is 5.91 Å². The summed E-state index contributed by atoms with van der Waals surface area (Å²) in [7, 11) is 1.51. The van der Waals surface area contributed by atoms with Crippen molar-refractivity contribution < 1.29 is 18.7 Å². The molecule has 0 fully saturated rings. The van der Waals surface area contributed by atoms with Crippen molar-refractivity contribution in [3.05, 3.63) is 74.3 Å². The minimum Gasteiger partial charge on any atom is -0.496 e. The first kappa shape index (κ1) is 22.2. The van der Waals surface area contributed by atoms with Crippen LogP contribution in [0.1, 0.15) is 20.4 Å². The van der Waals surface area contributed by atoms with Gasteiger partial charge in [-0.25, -0.2) is 14.4 Å². The van der Waals surface area contributed by atoms with E-state index in [1.807, 2.05) is 0 Å². The number of methoxy groups -OCH3 is 1. The molecule has 2 heterocycles. The molecule has 10 heteroatoms. The number of carbonyl (C=O) groups is 1. The normalized spacial score (nSPS) is 10.8. The molecule has 0 radical (unpaired) electrons. The summed E-state index contributed by atoms with van der Waals surface area (Å²) in [4.78, 5) is 22.1. The highest BCUT2D eigenvalue weighted by Gasteiger charge is 2.18. The molecule has 0 unspecified atom stereocenters. The van der Waals surface area contributed by atoms with Gasteiger partial charge in [0.15, 0.2) is 5.13 Å². The van der Waals surface area contributed by atoms with Gasteiger partial charge in [0.2, 0.25) is 0 Å². The average Bonchev–Trinajstić information content (AvgIpc) is 3.39. The lowest BCUT2D eigenvalue weighted by atomic mass is 10.1. The number of anilines is 1. The van der Waals surface area contributed by atoms with Crippen LogP contribution < -0.4 is 14.8 Å². The molecule has 164 valence electrons. The Balaban J connectivity index is 1.45. The maximum atomic E-state index is 13.7. The predicted molar refractivity (Wildman–Crippen MR) is 125 cm³/mol. The van der Waals surface area contributed by atoms with Gasteiger partial charge in [-0.1, -0.05) is 11.6 Å². The second-order valence-electron chi connectivity index (χ2n) is 6.60. The van der Waals surface area contributed by atoms with Crippen LogP contribution in [0.3, 0.4) is 0 Å². The number of nitrogens with one attached hydrogen (secondary N) is 1. The topological polar surface area (TPSA) is 73.3 Å². The second kappa shape index (κ2) is 9.64. The fourth-order valence-corrected chi connectivity index (χ4v) is 4.59. The Morgan fingerprint density at radius 1 is 1.19 bits per heavy atom. The van der Waals surface area contributed by atoms with Gasteiger partial charge in [0.05, 0.1) is 18.5 Å². The summed E-state index contributed by atoms with van der Waals surface area (Å²) >= 11 is 8.37. The van der Waals surface area contributed by atoms with Gasteiger partial charge in [-0.2, -0.15) is 0 Å². The van der Waals surface area contributed by atoms with E-state index in [4.69, 9.17) is 21.1 Å². The number of thiazole rings is 2. The molecule has 0 saturated carbocycles. The molecule has 0 saturated heterocycles. The highest BCUT2D eigenvalue weighted by molar-refractivity contribution is 7.15. The number of aromatic nitrogens is 2. The summed E-state index contributed by atoms with van der Waals surface area (Å²) in [5.41, 5.74) is 1.63. The van der Waals surface area contributed by atoms with Gasteiger partial charge in [-0.15, -0.1) is 22.7 Å². The molecule has 6 nitrogen and oxygen atoms in total. The van der Waals surface area contributed by atoms with Crippen molar-refractivity contribution in [1.82, 2.24) is 9.97 Å². The van der Waals surface area contributed by atoms with E-state index in [0.29, 0.717) is 48.5 Å². The lowest BCUT2D eigenvalue weighted by Gasteiger charge is -2.05. The van der Waals surface area contributed by atoms with E-state index in [1.54, 1.807) is 36.6 Å². The van der Waals surface area contributed by atoms with E-state index in [9.17, 15) is 9.18 Å². The smallest absolute Gasteiger partial charge is 0.269 e. The van der Waals surface area contributed by atoms with Gasteiger partial charge in [0, 0.05) is 16.0 Å². The Labute approximate surface area is 196 Å². The van der Waals surface area contributed by atoms with Crippen LogP contribution in [0.4, 0.5) is 9.52 Å². The summed E-state index contributed by atoms with van der Waals surface area (Å²) < 4.78 is 24.7. The van der Waals surface area contributed by atoms with Crippen molar-refractivity contribution in [3.8, 4) is 22.8 Å². The van der Waals surface area contributed by atoms with Crippen LogP contribution in [0.25, 0.3) is 11.3 Å². The summed E-state index contributed by atoms with van der Waals surface area (Å²) in [6, 6.07) is 11.2.